The third-order valence-electron chi connectivity index (χ3n) is 3.20. The molecule has 1 aliphatic heterocycles. The average Bonchev–Trinajstić information content (AvgIpc) is 2.98. The minimum absolute atomic E-state index is 0.167. The molecule has 0 bridgehead atoms. The van der Waals surface area contributed by atoms with Gasteiger partial charge in [-0.1, -0.05) is 0 Å². The first-order valence-corrected chi connectivity index (χ1v) is 7.92. The highest BCUT2D eigenvalue weighted by Crippen LogP contribution is 2.20. The van der Waals surface area contributed by atoms with Gasteiger partial charge in [0.1, 0.15) is 16.4 Å². The standard InChI is InChI=1S/C12H20N2O4S/c1-9-12(7-11(8-13)18-9)19(15,16)14-5-4-10-3-2-6-17-10/h7,10,14H,2-6,8,13H2,1H3. The van der Waals surface area contributed by atoms with Gasteiger partial charge in [-0.25, -0.2) is 13.1 Å². The Balaban J connectivity index is 1.95. The van der Waals surface area contributed by atoms with Crippen molar-refractivity contribution < 1.29 is 17.6 Å². The molecule has 1 saturated heterocycles. The monoisotopic (exact) mass is 288 g/mol. The number of ether oxygens (including phenoxy) is 1. The number of aryl methyl sites for hydroxylation is 1. The molecular formula is C12H20N2O4S. The van der Waals surface area contributed by atoms with Crippen LogP contribution in [0.25, 0.3) is 0 Å². The Bertz CT molecular complexity index is 518. The van der Waals surface area contributed by atoms with Gasteiger partial charge in [-0.05, 0) is 26.2 Å². The average molecular weight is 288 g/mol. The summed E-state index contributed by atoms with van der Waals surface area (Å²) in [5.41, 5.74) is 5.43. The Morgan fingerprint density at radius 1 is 1.53 bits per heavy atom. The summed E-state index contributed by atoms with van der Waals surface area (Å²) in [5, 5.41) is 0. The molecule has 19 heavy (non-hydrogen) atoms. The summed E-state index contributed by atoms with van der Waals surface area (Å²) in [5.74, 6) is 0.835. The quantitative estimate of drug-likeness (QED) is 0.811. The van der Waals surface area contributed by atoms with Gasteiger partial charge < -0.3 is 14.9 Å². The van der Waals surface area contributed by atoms with Gasteiger partial charge in [0.05, 0.1) is 12.6 Å². The van der Waals surface area contributed by atoms with Gasteiger partial charge in [-0.15, -0.1) is 0 Å². The lowest BCUT2D eigenvalue weighted by atomic mass is 10.2. The molecule has 108 valence electrons. The minimum atomic E-state index is -3.53. The second-order valence-corrected chi connectivity index (χ2v) is 6.39. The molecule has 2 heterocycles. The molecule has 0 spiro atoms. The van der Waals surface area contributed by atoms with Gasteiger partial charge in [0.25, 0.3) is 0 Å². The van der Waals surface area contributed by atoms with E-state index in [0.29, 0.717) is 24.5 Å². The predicted molar refractivity (Wildman–Crippen MR) is 70.1 cm³/mol. The zero-order valence-corrected chi connectivity index (χ0v) is 11.8. The molecule has 6 nitrogen and oxygen atoms in total. The van der Waals surface area contributed by atoms with Gasteiger partial charge in [-0.2, -0.15) is 0 Å². The van der Waals surface area contributed by atoms with Crippen LogP contribution in [-0.2, 0) is 21.3 Å². The van der Waals surface area contributed by atoms with Crippen LogP contribution in [0.15, 0.2) is 15.4 Å². The fourth-order valence-electron chi connectivity index (χ4n) is 2.20. The Hall–Kier alpha value is -0.890. The van der Waals surface area contributed by atoms with E-state index < -0.39 is 10.0 Å². The molecule has 0 saturated carbocycles. The first kappa shape index (κ1) is 14.5. The van der Waals surface area contributed by atoms with Crippen LogP contribution in [0.5, 0.6) is 0 Å². The van der Waals surface area contributed by atoms with Crippen molar-refractivity contribution in [3.63, 3.8) is 0 Å². The van der Waals surface area contributed by atoms with E-state index >= 15 is 0 Å². The van der Waals surface area contributed by atoms with Crippen LogP contribution in [0.2, 0.25) is 0 Å². The molecule has 3 N–H and O–H groups in total. The van der Waals surface area contributed by atoms with Crippen LogP contribution in [0, 0.1) is 6.92 Å². The number of furan rings is 1. The van der Waals surface area contributed by atoms with Crippen molar-refractivity contribution in [2.45, 2.75) is 43.7 Å². The number of sulfonamides is 1. The van der Waals surface area contributed by atoms with Gasteiger partial charge in [0, 0.05) is 19.2 Å². The van der Waals surface area contributed by atoms with Crippen molar-refractivity contribution in [3.05, 3.63) is 17.6 Å². The van der Waals surface area contributed by atoms with E-state index in [-0.39, 0.29) is 17.5 Å². The van der Waals surface area contributed by atoms with Crippen molar-refractivity contribution in [3.8, 4) is 0 Å². The largest absolute Gasteiger partial charge is 0.464 e. The highest BCUT2D eigenvalue weighted by atomic mass is 32.2. The van der Waals surface area contributed by atoms with Crippen LogP contribution in [0.1, 0.15) is 30.8 Å². The maximum atomic E-state index is 12.1. The zero-order valence-electron chi connectivity index (χ0n) is 11.0. The first-order chi connectivity index (χ1) is 9.03. The van der Waals surface area contributed by atoms with Crippen LogP contribution < -0.4 is 10.5 Å². The number of rotatable bonds is 6. The SMILES string of the molecule is Cc1oc(CN)cc1S(=O)(=O)NCCC1CCCO1. The number of hydrogen-bond acceptors (Lipinski definition) is 5. The second kappa shape index (κ2) is 6.04. The first-order valence-electron chi connectivity index (χ1n) is 6.43. The van der Waals surface area contributed by atoms with Crippen molar-refractivity contribution in [1.29, 1.82) is 0 Å². The summed E-state index contributed by atoms with van der Waals surface area (Å²) in [7, 11) is -3.53. The second-order valence-electron chi connectivity index (χ2n) is 4.66. The smallest absolute Gasteiger partial charge is 0.244 e. The third kappa shape index (κ3) is 3.56. The molecule has 1 fully saturated rings. The summed E-state index contributed by atoms with van der Waals surface area (Å²) < 4.78 is 37.5. The lowest BCUT2D eigenvalue weighted by Crippen LogP contribution is -2.27. The number of hydrogen-bond donors (Lipinski definition) is 2. The van der Waals surface area contributed by atoms with Crippen LogP contribution in [0.3, 0.4) is 0 Å². The molecule has 0 aliphatic carbocycles. The molecule has 0 amide bonds. The number of nitrogens with one attached hydrogen (secondary N) is 1. The Morgan fingerprint density at radius 3 is 2.89 bits per heavy atom. The molecule has 0 aromatic carbocycles. The molecule has 7 heteroatoms. The summed E-state index contributed by atoms with van der Waals surface area (Å²) in [6, 6.07) is 1.48. The Morgan fingerprint density at radius 2 is 2.32 bits per heavy atom. The van der Waals surface area contributed by atoms with Crippen LogP contribution in [-0.4, -0.2) is 27.7 Å². The minimum Gasteiger partial charge on any atom is -0.464 e. The Labute approximate surface area is 113 Å². The van der Waals surface area contributed by atoms with Crippen LogP contribution in [0.4, 0.5) is 0 Å². The molecule has 1 atom stereocenters. The maximum absolute atomic E-state index is 12.1. The highest BCUT2D eigenvalue weighted by molar-refractivity contribution is 7.89. The molecule has 1 unspecified atom stereocenters. The van der Waals surface area contributed by atoms with E-state index in [9.17, 15) is 8.42 Å². The fourth-order valence-corrected chi connectivity index (χ4v) is 3.44. The van der Waals surface area contributed by atoms with E-state index in [1.165, 1.54) is 6.07 Å². The Kier molecular flexibility index (Phi) is 4.62. The molecule has 1 aliphatic rings. The molecule has 1 aromatic heterocycles. The van der Waals surface area contributed by atoms with E-state index in [1.807, 2.05) is 0 Å². The summed E-state index contributed by atoms with van der Waals surface area (Å²) in [4.78, 5) is 0.167. The highest BCUT2D eigenvalue weighted by Gasteiger charge is 2.22. The van der Waals surface area contributed by atoms with E-state index in [4.69, 9.17) is 14.9 Å². The summed E-state index contributed by atoms with van der Waals surface area (Å²) in [6.45, 7) is 2.95. The van der Waals surface area contributed by atoms with Crippen molar-refractivity contribution in [2.24, 2.45) is 5.73 Å². The molecule has 0 radical (unpaired) electrons. The van der Waals surface area contributed by atoms with Crippen molar-refractivity contribution in [1.82, 2.24) is 4.72 Å². The van der Waals surface area contributed by atoms with Gasteiger partial charge in [0.15, 0.2) is 0 Å². The predicted octanol–water partition coefficient (Wildman–Crippen LogP) is 0.894. The van der Waals surface area contributed by atoms with Crippen molar-refractivity contribution >= 4 is 10.0 Å². The van der Waals surface area contributed by atoms with Crippen molar-refractivity contribution in [2.75, 3.05) is 13.2 Å². The summed E-state index contributed by atoms with van der Waals surface area (Å²) in [6.07, 6.45) is 2.93. The topological polar surface area (TPSA) is 94.6 Å². The lowest BCUT2D eigenvalue weighted by molar-refractivity contribution is 0.105. The summed E-state index contributed by atoms with van der Waals surface area (Å²) >= 11 is 0. The maximum Gasteiger partial charge on any atom is 0.244 e. The van der Waals surface area contributed by atoms with Crippen LogP contribution >= 0.6 is 0 Å². The van der Waals surface area contributed by atoms with Gasteiger partial charge in [-0.3, -0.25) is 0 Å². The number of nitrogens with two attached hydrogens (primary N) is 1. The third-order valence-corrected chi connectivity index (χ3v) is 4.76. The normalized spacial score (nSPS) is 20.0. The molecular weight excluding hydrogens is 268 g/mol. The van der Waals surface area contributed by atoms with E-state index in [0.717, 1.165) is 19.4 Å². The molecule has 2 rings (SSSR count). The zero-order chi connectivity index (χ0) is 13.9. The van der Waals surface area contributed by atoms with E-state index in [1.54, 1.807) is 6.92 Å². The van der Waals surface area contributed by atoms with E-state index in [2.05, 4.69) is 4.72 Å². The van der Waals surface area contributed by atoms with Gasteiger partial charge >= 0.3 is 0 Å². The fraction of sp³-hybridized carbons (Fsp3) is 0.667. The lowest BCUT2D eigenvalue weighted by Gasteiger charge is -2.10. The van der Waals surface area contributed by atoms with Gasteiger partial charge in [0.2, 0.25) is 10.0 Å². The molecule has 1 aromatic rings.